The van der Waals surface area contributed by atoms with E-state index in [1.807, 2.05) is 0 Å². The fraction of sp³-hybridized carbons (Fsp3) is 0.769. The Labute approximate surface area is 113 Å². The Balaban J connectivity index is 2.13. The van der Waals surface area contributed by atoms with Crippen LogP contribution in [0.5, 0.6) is 0 Å². The largest absolute Gasteiger partial charge is 0.391 e. The van der Waals surface area contributed by atoms with Crippen molar-refractivity contribution in [3.05, 3.63) is 10.6 Å². The molecule has 1 unspecified atom stereocenters. The number of likely N-dealkylation sites (N-methyl/N-ethyl adjacent to an activating group) is 1. The summed E-state index contributed by atoms with van der Waals surface area (Å²) in [7, 11) is 4.29. The number of nitrogens with zero attached hydrogens (tertiary/aromatic N) is 3. The van der Waals surface area contributed by atoms with Crippen LogP contribution in [0.15, 0.2) is 0 Å². The molecule has 1 aliphatic heterocycles. The molecule has 18 heavy (non-hydrogen) atoms. The molecular formula is C13H23N3OS. The van der Waals surface area contributed by atoms with E-state index in [0.29, 0.717) is 6.04 Å². The van der Waals surface area contributed by atoms with Gasteiger partial charge in [-0.05, 0) is 33.4 Å². The molecule has 2 heterocycles. The van der Waals surface area contributed by atoms with E-state index in [9.17, 15) is 5.11 Å². The maximum atomic E-state index is 9.35. The van der Waals surface area contributed by atoms with Gasteiger partial charge in [0.15, 0.2) is 5.13 Å². The molecule has 4 nitrogen and oxygen atoms in total. The Hall–Kier alpha value is -0.650. The van der Waals surface area contributed by atoms with E-state index in [4.69, 9.17) is 0 Å². The zero-order valence-electron chi connectivity index (χ0n) is 11.5. The van der Waals surface area contributed by atoms with Gasteiger partial charge in [-0.2, -0.15) is 0 Å². The number of hydrogen-bond acceptors (Lipinski definition) is 5. The second-order valence-corrected chi connectivity index (χ2v) is 6.15. The van der Waals surface area contributed by atoms with Gasteiger partial charge in [0.05, 0.1) is 17.2 Å². The average molecular weight is 269 g/mol. The lowest BCUT2D eigenvalue weighted by Crippen LogP contribution is -2.45. The Morgan fingerprint density at radius 1 is 1.50 bits per heavy atom. The molecule has 0 aliphatic carbocycles. The zero-order valence-corrected chi connectivity index (χ0v) is 12.3. The van der Waals surface area contributed by atoms with Crippen molar-refractivity contribution in [3.63, 3.8) is 0 Å². The smallest absolute Gasteiger partial charge is 0.185 e. The summed E-state index contributed by atoms with van der Waals surface area (Å²) < 4.78 is 0. The van der Waals surface area contributed by atoms with Crippen LogP contribution < -0.4 is 4.90 Å². The molecule has 5 heteroatoms. The van der Waals surface area contributed by atoms with Crippen molar-refractivity contribution in [2.75, 3.05) is 32.1 Å². The summed E-state index contributed by atoms with van der Waals surface area (Å²) >= 11 is 1.65. The third kappa shape index (κ3) is 2.84. The third-order valence-corrected chi connectivity index (χ3v) is 4.79. The summed E-state index contributed by atoms with van der Waals surface area (Å²) in [5, 5.41) is 10.4. The van der Waals surface area contributed by atoms with E-state index in [1.54, 1.807) is 11.3 Å². The molecule has 102 valence electrons. The molecule has 1 N–H and O–H groups in total. The van der Waals surface area contributed by atoms with Crippen LogP contribution in [-0.2, 0) is 13.0 Å². The second kappa shape index (κ2) is 5.99. The first-order chi connectivity index (χ1) is 8.65. The minimum absolute atomic E-state index is 0.117. The second-order valence-electron chi connectivity index (χ2n) is 5.08. The molecule has 0 spiro atoms. The van der Waals surface area contributed by atoms with Crippen molar-refractivity contribution in [3.8, 4) is 0 Å². The highest BCUT2D eigenvalue weighted by atomic mass is 32.1. The maximum Gasteiger partial charge on any atom is 0.185 e. The van der Waals surface area contributed by atoms with Gasteiger partial charge in [0.2, 0.25) is 0 Å². The van der Waals surface area contributed by atoms with Gasteiger partial charge in [0, 0.05) is 19.1 Å². The van der Waals surface area contributed by atoms with Crippen LogP contribution in [0, 0.1) is 0 Å². The van der Waals surface area contributed by atoms with Gasteiger partial charge in [-0.25, -0.2) is 4.98 Å². The van der Waals surface area contributed by atoms with E-state index >= 15 is 0 Å². The number of piperidine rings is 1. The predicted octanol–water partition coefficient (Wildman–Crippen LogP) is 1.73. The molecule has 0 saturated carbocycles. The number of anilines is 1. The molecule has 2 rings (SSSR count). The van der Waals surface area contributed by atoms with Crippen molar-refractivity contribution >= 4 is 16.5 Å². The van der Waals surface area contributed by atoms with Crippen LogP contribution in [0.1, 0.15) is 30.3 Å². The lowest BCUT2D eigenvalue weighted by molar-refractivity contribution is 0.258. The predicted molar refractivity (Wildman–Crippen MR) is 76.3 cm³/mol. The fourth-order valence-electron chi connectivity index (χ4n) is 2.45. The van der Waals surface area contributed by atoms with Crippen LogP contribution in [0.25, 0.3) is 0 Å². The van der Waals surface area contributed by atoms with Crippen LogP contribution >= 0.6 is 11.3 Å². The van der Waals surface area contributed by atoms with Crippen molar-refractivity contribution in [1.29, 1.82) is 0 Å². The minimum Gasteiger partial charge on any atom is -0.391 e. The summed E-state index contributed by atoms with van der Waals surface area (Å²) in [6.45, 7) is 4.35. The van der Waals surface area contributed by atoms with Crippen molar-refractivity contribution in [2.45, 2.75) is 38.8 Å². The lowest BCUT2D eigenvalue weighted by Gasteiger charge is -2.35. The van der Waals surface area contributed by atoms with E-state index in [2.05, 4.69) is 35.8 Å². The number of aliphatic hydroxyl groups excluding tert-OH is 1. The molecule has 1 fully saturated rings. The molecule has 1 atom stereocenters. The molecule has 0 bridgehead atoms. The third-order valence-electron chi connectivity index (χ3n) is 3.64. The maximum absolute atomic E-state index is 9.35. The summed E-state index contributed by atoms with van der Waals surface area (Å²) in [5.74, 6) is 0. The summed E-state index contributed by atoms with van der Waals surface area (Å²) in [4.78, 5) is 10.4. The minimum atomic E-state index is 0.117. The number of aliphatic hydroxyl groups is 1. The first-order valence-electron chi connectivity index (χ1n) is 6.66. The first kappa shape index (κ1) is 13.8. The molecule has 1 saturated heterocycles. The van der Waals surface area contributed by atoms with E-state index in [-0.39, 0.29) is 6.61 Å². The van der Waals surface area contributed by atoms with Crippen LogP contribution in [0.2, 0.25) is 0 Å². The highest BCUT2D eigenvalue weighted by Crippen LogP contribution is 2.29. The Morgan fingerprint density at radius 3 is 2.83 bits per heavy atom. The van der Waals surface area contributed by atoms with Crippen LogP contribution in [0.4, 0.5) is 5.13 Å². The SMILES string of the molecule is CCc1nc(N2CCCC(N(C)C)C2)sc1CO. The Bertz CT molecular complexity index is 370. The Kier molecular flexibility index (Phi) is 4.59. The Morgan fingerprint density at radius 2 is 2.28 bits per heavy atom. The van der Waals surface area contributed by atoms with E-state index < -0.39 is 0 Å². The van der Waals surface area contributed by atoms with Crippen molar-refractivity contribution in [1.82, 2.24) is 9.88 Å². The summed E-state index contributed by atoms with van der Waals surface area (Å²) in [6, 6.07) is 0.616. The molecule has 1 aromatic rings. The average Bonchev–Trinajstić information content (AvgIpc) is 2.82. The summed E-state index contributed by atoms with van der Waals surface area (Å²) in [6.07, 6.45) is 3.39. The first-order valence-corrected chi connectivity index (χ1v) is 7.48. The van der Waals surface area contributed by atoms with E-state index in [0.717, 1.165) is 35.2 Å². The normalized spacial score (nSPS) is 20.7. The standard InChI is InChI=1S/C13H23N3OS/c1-4-11-12(9-17)18-13(14-11)16-7-5-6-10(8-16)15(2)3/h10,17H,4-9H2,1-3H3. The highest BCUT2D eigenvalue weighted by Gasteiger charge is 2.24. The van der Waals surface area contributed by atoms with Gasteiger partial charge >= 0.3 is 0 Å². The van der Waals surface area contributed by atoms with Crippen molar-refractivity contribution in [2.24, 2.45) is 0 Å². The van der Waals surface area contributed by atoms with Gasteiger partial charge in [-0.3, -0.25) is 0 Å². The number of aryl methyl sites for hydroxylation is 1. The van der Waals surface area contributed by atoms with Gasteiger partial charge in [-0.15, -0.1) is 0 Å². The monoisotopic (exact) mass is 269 g/mol. The fourth-order valence-corrected chi connectivity index (χ4v) is 3.50. The quantitative estimate of drug-likeness (QED) is 0.903. The van der Waals surface area contributed by atoms with Gasteiger partial charge in [0.25, 0.3) is 0 Å². The van der Waals surface area contributed by atoms with Crippen molar-refractivity contribution < 1.29 is 5.11 Å². The number of rotatable bonds is 4. The molecule has 0 radical (unpaired) electrons. The number of thiazole rings is 1. The molecule has 0 amide bonds. The number of hydrogen-bond donors (Lipinski definition) is 1. The zero-order chi connectivity index (χ0) is 13.1. The van der Waals surface area contributed by atoms with E-state index in [1.165, 1.54) is 12.8 Å². The topological polar surface area (TPSA) is 39.6 Å². The lowest BCUT2D eigenvalue weighted by atomic mass is 10.1. The molecule has 0 aromatic carbocycles. The van der Waals surface area contributed by atoms with Gasteiger partial charge in [0.1, 0.15) is 0 Å². The molecule has 1 aromatic heterocycles. The van der Waals surface area contributed by atoms with Crippen LogP contribution in [0.3, 0.4) is 0 Å². The van der Waals surface area contributed by atoms with Gasteiger partial charge in [-0.1, -0.05) is 18.3 Å². The molecule has 1 aliphatic rings. The highest BCUT2D eigenvalue weighted by molar-refractivity contribution is 7.15. The molecular weight excluding hydrogens is 246 g/mol. The van der Waals surface area contributed by atoms with Crippen LogP contribution in [-0.4, -0.2) is 48.2 Å². The summed E-state index contributed by atoms with van der Waals surface area (Å²) in [5.41, 5.74) is 1.06. The number of aromatic nitrogens is 1. The van der Waals surface area contributed by atoms with Gasteiger partial charge < -0.3 is 14.9 Å².